The topological polar surface area (TPSA) is 106 Å². The highest BCUT2D eigenvalue weighted by Crippen LogP contribution is 2.38. The predicted octanol–water partition coefficient (Wildman–Crippen LogP) is 3.05. The van der Waals surface area contributed by atoms with Crippen LogP contribution in [0.25, 0.3) is 0 Å². The molecule has 0 unspecified atom stereocenters. The van der Waals surface area contributed by atoms with E-state index >= 15 is 0 Å². The molecule has 1 saturated carbocycles. The SMILES string of the molecule is CC[C@@H](Nc1nc(Nc2cccc(C)c2)c(C(N)=O)cc1F)C1(N)CC1. The molecule has 0 spiro atoms. The van der Waals surface area contributed by atoms with Crippen molar-refractivity contribution < 1.29 is 9.18 Å². The summed E-state index contributed by atoms with van der Waals surface area (Å²) in [5, 5.41) is 6.16. The average Bonchev–Trinajstić information content (AvgIpc) is 3.33. The Morgan fingerprint density at radius 3 is 2.65 bits per heavy atom. The van der Waals surface area contributed by atoms with Gasteiger partial charge in [-0.05, 0) is 49.9 Å². The number of aryl methyl sites for hydroxylation is 1. The number of hydrogen-bond donors (Lipinski definition) is 4. The van der Waals surface area contributed by atoms with E-state index in [2.05, 4.69) is 15.6 Å². The molecule has 0 radical (unpaired) electrons. The summed E-state index contributed by atoms with van der Waals surface area (Å²) >= 11 is 0. The van der Waals surface area contributed by atoms with E-state index in [4.69, 9.17) is 11.5 Å². The van der Waals surface area contributed by atoms with Gasteiger partial charge in [-0.3, -0.25) is 4.79 Å². The number of rotatable bonds is 7. The lowest BCUT2D eigenvalue weighted by molar-refractivity contribution is 0.100. The zero-order chi connectivity index (χ0) is 18.9. The molecule has 1 heterocycles. The van der Waals surface area contributed by atoms with Crippen LogP contribution in [0.4, 0.5) is 21.7 Å². The number of primary amides is 1. The van der Waals surface area contributed by atoms with E-state index in [-0.39, 0.29) is 28.8 Å². The van der Waals surface area contributed by atoms with Gasteiger partial charge in [-0.15, -0.1) is 0 Å². The lowest BCUT2D eigenvalue weighted by Crippen LogP contribution is -2.42. The number of carbonyl (C=O) groups excluding carboxylic acids is 1. The fraction of sp³-hybridized carbons (Fsp3) is 0.368. The summed E-state index contributed by atoms with van der Waals surface area (Å²) in [5.41, 5.74) is 13.1. The van der Waals surface area contributed by atoms with Gasteiger partial charge in [0.05, 0.1) is 5.56 Å². The quantitative estimate of drug-likeness (QED) is 0.609. The van der Waals surface area contributed by atoms with Crippen molar-refractivity contribution in [2.45, 2.75) is 44.7 Å². The fourth-order valence-corrected chi connectivity index (χ4v) is 3.04. The highest BCUT2D eigenvalue weighted by atomic mass is 19.1. The minimum absolute atomic E-state index is 0.00325. The average molecular weight is 357 g/mol. The Morgan fingerprint density at radius 1 is 1.35 bits per heavy atom. The molecule has 3 rings (SSSR count). The fourth-order valence-electron chi connectivity index (χ4n) is 3.04. The van der Waals surface area contributed by atoms with Gasteiger partial charge in [0.2, 0.25) is 0 Å². The van der Waals surface area contributed by atoms with Crippen LogP contribution in [0, 0.1) is 12.7 Å². The van der Waals surface area contributed by atoms with Crippen molar-refractivity contribution >= 4 is 23.2 Å². The number of amides is 1. The lowest BCUT2D eigenvalue weighted by atomic mass is 10.0. The molecule has 1 fully saturated rings. The number of halogens is 1. The number of hydrogen-bond acceptors (Lipinski definition) is 5. The second-order valence-corrected chi connectivity index (χ2v) is 6.91. The van der Waals surface area contributed by atoms with Crippen LogP contribution in [-0.2, 0) is 0 Å². The number of nitrogens with zero attached hydrogens (tertiary/aromatic N) is 1. The van der Waals surface area contributed by atoms with Gasteiger partial charge in [-0.25, -0.2) is 9.37 Å². The Labute approximate surface area is 152 Å². The summed E-state index contributed by atoms with van der Waals surface area (Å²) < 4.78 is 14.5. The molecule has 26 heavy (non-hydrogen) atoms. The number of benzene rings is 1. The van der Waals surface area contributed by atoms with Crippen molar-refractivity contribution in [3.05, 3.63) is 47.3 Å². The van der Waals surface area contributed by atoms with E-state index in [1.807, 2.05) is 38.1 Å². The molecular weight excluding hydrogens is 333 g/mol. The van der Waals surface area contributed by atoms with Gasteiger partial charge in [-0.1, -0.05) is 19.1 Å². The molecule has 1 amide bonds. The van der Waals surface area contributed by atoms with Crippen LogP contribution in [-0.4, -0.2) is 22.5 Å². The maximum Gasteiger partial charge on any atom is 0.252 e. The first-order valence-corrected chi connectivity index (χ1v) is 8.72. The molecule has 1 aliphatic rings. The third kappa shape index (κ3) is 3.77. The second-order valence-electron chi connectivity index (χ2n) is 6.91. The summed E-state index contributed by atoms with van der Waals surface area (Å²) in [5.74, 6) is -1.10. The number of pyridine rings is 1. The molecule has 6 N–H and O–H groups in total. The largest absolute Gasteiger partial charge is 0.365 e. The molecular formula is C19H24FN5O. The van der Waals surface area contributed by atoms with E-state index in [0.717, 1.165) is 36.6 Å². The minimum Gasteiger partial charge on any atom is -0.365 e. The van der Waals surface area contributed by atoms with Crippen LogP contribution in [0.1, 0.15) is 42.1 Å². The number of nitrogens with one attached hydrogen (secondary N) is 2. The molecule has 7 heteroatoms. The van der Waals surface area contributed by atoms with E-state index in [0.29, 0.717) is 0 Å². The molecule has 2 aromatic rings. The highest BCUT2D eigenvalue weighted by molar-refractivity contribution is 5.98. The molecule has 1 aliphatic carbocycles. The number of carbonyl (C=O) groups is 1. The first-order valence-electron chi connectivity index (χ1n) is 8.72. The van der Waals surface area contributed by atoms with Crippen LogP contribution in [0.15, 0.2) is 30.3 Å². The molecule has 0 saturated heterocycles. The maximum absolute atomic E-state index is 14.5. The van der Waals surface area contributed by atoms with Crippen molar-refractivity contribution in [3.63, 3.8) is 0 Å². The Kier molecular flexibility index (Phi) is 4.82. The molecule has 1 aromatic heterocycles. The Hall–Kier alpha value is -2.67. The molecule has 0 aliphatic heterocycles. The van der Waals surface area contributed by atoms with Gasteiger partial charge in [-0.2, -0.15) is 0 Å². The smallest absolute Gasteiger partial charge is 0.252 e. The standard InChI is InChI=1S/C19H24FN5O/c1-3-15(19(22)7-8-19)24-18-14(20)10-13(16(21)26)17(25-18)23-12-6-4-5-11(2)9-12/h4-6,9-10,15H,3,7-8,22H2,1-2H3,(H2,21,26)(H2,23,24,25)/t15-/m1/s1. The Morgan fingerprint density at radius 2 is 2.08 bits per heavy atom. The summed E-state index contributed by atoms with van der Waals surface area (Å²) in [6.07, 6.45) is 2.54. The summed E-state index contributed by atoms with van der Waals surface area (Å²) in [6, 6.07) is 8.59. The van der Waals surface area contributed by atoms with E-state index in [1.165, 1.54) is 0 Å². The van der Waals surface area contributed by atoms with Gasteiger partial charge in [0.25, 0.3) is 5.91 Å². The normalized spacial score (nSPS) is 16.0. The zero-order valence-electron chi connectivity index (χ0n) is 15.0. The molecule has 138 valence electrons. The van der Waals surface area contributed by atoms with Crippen LogP contribution >= 0.6 is 0 Å². The zero-order valence-corrected chi connectivity index (χ0v) is 15.0. The van der Waals surface area contributed by atoms with E-state index in [9.17, 15) is 9.18 Å². The first kappa shape index (κ1) is 18.1. The number of aromatic nitrogens is 1. The Bertz CT molecular complexity index is 835. The van der Waals surface area contributed by atoms with Gasteiger partial charge >= 0.3 is 0 Å². The van der Waals surface area contributed by atoms with Gasteiger partial charge in [0.1, 0.15) is 5.82 Å². The van der Waals surface area contributed by atoms with Crippen LogP contribution < -0.4 is 22.1 Å². The Balaban J connectivity index is 1.94. The third-order valence-corrected chi connectivity index (χ3v) is 4.76. The van der Waals surface area contributed by atoms with Crippen molar-refractivity contribution in [1.29, 1.82) is 0 Å². The highest BCUT2D eigenvalue weighted by Gasteiger charge is 2.45. The van der Waals surface area contributed by atoms with Gasteiger partial charge < -0.3 is 22.1 Å². The predicted molar refractivity (Wildman–Crippen MR) is 101 cm³/mol. The second kappa shape index (κ2) is 6.92. The van der Waals surface area contributed by atoms with Crippen molar-refractivity contribution in [2.75, 3.05) is 10.6 Å². The molecule has 6 nitrogen and oxygen atoms in total. The van der Waals surface area contributed by atoms with E-state index < -0.39 is 11.7 Å². The van der Waals surface area contributed by atoms with Crippen molar-refractivity contribution in [2.24, 2.45) is 11.5 Å². The maximum atomic E-state index is 14.5. The third-order valence-electron chi connectivity index (χ3n) is 4.76. The van der Waals surface area contributed by atoms with Crippen molar-refractivity contribution in [1.82, 2.24) is 4.98 Å². The summed E-state index contributed by atoms with van der Waals surface area (Å²) in [4.78, 5) is 16.0. The monoisotopic (exact) mass is 357 g/mol. The van der Waals surface area contributed by atoms with Gasteiger partial charge in [0.15, 0.2) is 11.6 Å². The number of anilines is 3. The summed E-state index contributed by atoms with van der Waals surface area (Å²) in [7, 11) is 0. The van der Waals surface area contributed by atoms with E-state index in [1.54, 1.807) is 0 Å². The van der Waals surface area contributed by atoms with Crippen LogP contribution in [0.5, 0.6) is 0 Å². The molecule has 1 aromatic carbocycles. The number of nitrogens with two attached hydrogens (primary N) is 2. The van der Waals surface area contributed by atoms with Crippen LogP contribution in [0.2, 0.25) is 0 Å². The van der Waals surface area contributed by atoms with Crippen molar-refractivity contribution in [3.8, 4) is 0 Å². The lowest BCUT2D eigenvalue weighted by Gasteiger charge is -2.24. The van der Waals surface area contributed by atoms with Crippen LogP contribution in [0.3, 0.4) is 0 Å². The minimum atomic E-state index is -0.748. The molecule has 0 bridgehead atoms. The summed E-state index contributed by atoms with van der Waals surface area (Å²) in [6.45, 7) is 3.94. The molecule has 1 atom stereocenters. The van der Waals surface area contributed by atoms with Gasteiger partial charge in [0, 0.05) is 17.3 Å². The first-order chi connectivity index (χ1) is 12.3.